The van der Waals surface area contributed by atoms with Gasteiger partial charge < -0.3 is 15.1 Å². The Balaban J connectivity index is 1.07. The van der Waals surface area contributed by atoms with E-state index in [2.05, 4.69) is 9.78 Å². The SMILES string of the molecule is O=C(c1ccc(C[C@@H]2CC[C@H]([C@H](O)c3ccccc3)N2C(=O)O)cc1)N1CC2CC(n3cccn3)CC2C1. The predicted octanol–water partition coefficient (Wildman–Crippen LogP) is 4.39. The second-order valence-electron chi connectivity index (χ2n) is 11.1. The number of rotatable bonds is 6. The standard InChI is InChI=1S/C30H34N4O4/c35-28(21-5-2-1-3-6-21)27-12-11-25(34(27)30(37)38)15-20-7-9-22(10-8-20)29(36)32-18-23-16-26(17-24(23)19-32)33-14-4-13-31-33/h1-10,13-14,23-28,35H,11-12,15-19H2,(H,37,38)/t23?,24?,25-,26?,27+,28+/m0/s1. The van der Waals surface area contributed by atoms with Gasteiger partial charge in [0.15, 0.2) is 0 Å². The summed E-state index contributed by atoms with van der Waals surface area (Å²) in [6.07, 6.45) is 5.99. The van der Waals surface area contributed by atoms with E-state index in [1.54, 1.807) is 0 Å². The average molecular weight is 515 g/mol. The number of likely N-dealkylation sites (tertiary alicyclic amines) is 2. The maximum Gasteiger partial charge on any atom is 0.407 e. The van der Waals surface area contributed by atoms with Crippen molar-refractivity contribution in [2.24, 2.45) is 11.8 Å². The zero-order chi connectivity index (χ0) is 26.2. The molecule has 38 heavy (non-hydrogen) atoms. The van der Waals surface area contributed by atoms with Gasteiger partial charge in [0.2, 0.25) is 0 Å². The highest BCUT2D eigenvalue weighted by Crippen LogP contribution is 2.44. The molecule has 2 unspecified atom stereocenters. The number of carbonyl (C=O) groups is 2. The van der Waals surface area contributed by atoms with Crippen molar-refractivity contribution >= 4 is 12.0 Å². The Kier molecular flexibility index (Phi) is 6.66. The van der Waals surface area contributed by atoms with E-state index in [0.717, 1.165) is 37.1 Å². The molecule has 1 aliphatic carbocycles. The lowest BCUT2D eigenvalue weighted by molar-refractivity contribution is 0.0540. The lowest BCUT2D eigenvalue weighted by atomic mass is 10.0. The van der Waals surface area contributed by atoms with Crippen LogP contribution < -0.4 is 0 Å². The molecule has 2 N–H and O–H groups in total. The van der Waals surface area contributed by atoms with Crippen molar-refractivity contribution in [2.45, 2.75) is 56.3 Å². The summed E-state index contributed by atoms with van der Waals surface area (Å²) in [5, 5.41) is 25.3. The molecule has 2 saturated heterocycles. The second kappa shape index (κ2) is 10.3. The molecule has 0 spiro atoms. The van der Waals surface area contributed by atoms with Gasteiger partial charge in [-0.1, -0.05) is 42.5 Å². The Morgan fingerprint density at radius 2 is 1.66 bits per heavy atom. The monoisotopic (exact) mass is 514 g/mol. The van der Waals surface area contributed by atoms with Crippen LogP contribution in [0.4, 0.5) is 4.79 Å². The van der Waals surface area contributed by atoms with Crippen molar-refractivity contribution in [3.8, 4) is 0 Å². The summed E-state index contributed by atoms with van der Waals surface area (Å²) >= 11 is 0. The van der Waals surface area contributed by atoms with Gasteiger partial charge >= 0.3 is 6.09 Å². The van der Waals surface area contributed by atoms with Gasteiger partial charge in [0.1, 0.15) is 0 Å². The number of benzene rings is 2. The second-order valence-corrected chi connectivity index (χ2v) is 11.1. The van der Waals surface area contributed by atoms with E-state index in [0.29, 0.717) is 42.7 Å². The number of aromatic nitrogens is 2. The normalized spacial score (nSPS) is 27.4. The summed E-state index contributed by atoms with van der Waals surface area (Å²) in [6.45, 7) is 1.59. The summed E-state index contributed by atoms with van der Waals surface area (Å²) in [4.78, 5) is 28.8. The molecule has 1 aromatic heterocycles. The van der Waals surface area contributed by atoms with Gasteiger partial charge in [-0.15, -0.1) is 0 Å². The van der Waals surface area contributed by atoms with E-state index in [4.69, 9.17) is 0 Å². The van der Waals surface area contributed by atoms with Crippen LogP contribution in [0.15, 0.2) is 73.1 Å². The number of fused-ring (bicyclic) bond motifs is 1. The molecule has 2 amide bonds. The first kappa shape index (κ1) is 24.7. The van der Waals surface area contributed by atoms with Crippen LogP contribution in [0.1, 0.15) is 59.3 Å². The van der Waals surface area contributed by atoms with Crippen LogP contribution in [0.5, 0.6) is 0 Å². The lowest BCUT2D eigenvalue weighted by Gasteiger charge is -2.31. The first-order chi connectivity index (χ1) is 18.5. The van der Waals surface area contributed by atoms with Crippen molar-refractivity contribution < 1.29 is 19.8 Å². The van der Waals surface area contributed by atoms with Gasteiger partial charge in [0.25, 0.3) is 5.91 Å². The van der Waals surface area contributed by atoms with Crippen molar-refractivity contribution in [2.75, 3.05) is 13.1 Å². The van der Waals surface area contributed by atoms with Crippen molar-refractivity contribution in [3.05, 3.63) is 89.7 Å². The lowest BCUT2D eigenvalue weighted by Crippen LogP contribution is -2.44. The minimum absolute atomic E-state index is 0.0701. The third-order valence-electron chi connectivity index (χ3n) is 8.86. The average Bonchev–Trinajstić information content (AvgIpc) is 3.72. The number of nitrogens with zero attached hydrogens (tertiary/aromatic N) is 4. The highest BCUT2D eigenvalue weighted by atomic mass is 16.4. The van der Waals surface area contributed by atoms with Crippen molar-refractivity contribution in [1.29, 1.82) is 0 Å². The van der Waals surface area contributed by atoms with Gasteiger partial charge in [-0.2, -0.15) is 5.10 Å². The zero-order valence-electron chi connectivity index (χ0n) is 21.3. The van der Waals surface area contributed by atoms with Gasteiger partial charge in [-0.3, -0.25) is 14.4 Å². The molecule has 1 saturated carbocycles. The molecule has 3 fully saturated rings. The summed E-state index contributed by atoms with van der Waals surface area (Å²) in [5.74, 6) is 1.12. The fraction of sp³-hybridized carbons (Fsp3) is 0.433. The number of aliphatic hydroxyl groups excluding tert-OH is 1. The minimum Gasteiger partial charge on any atom is -0.465 e. The Hall–Kier alpha value is -3.65. The van der Waals surface area contributed by atoms with Crippen molar-refractivity contribution in [1.82, 2.24) is 19.6 Å². The summed E-state index contributed by atoms with van der Waals surface area (Å²) in [5.41, 5.74) is 2.40. The summed E-state index contributed by atoms with van der Waals surface area (Å²) in [7, 11) is 0. The van der Waals surface area contributed by atoms with Gasteiger partial charge in [0.05, 0.1) is 18.2 Å². The Morgan fingerprint density at radius 1 is 0.947 bits per heavy atom. The van der Waals surface area contributed by atoms with E-state index in [9.17, 15) is 19.8 Å². The molecular weight excluding hydrogens is 480 g/mol. The Bertz CT molecular complexity index is 1250. The molecule has 0 bridgehead atoms. The van der Waals surface area contributed by atoms with Crippen LogP contribution in [0.2, 0.25) is 0 Å². The fourth-order valence-corrected chi connectivity index (χ4v) is 6.98. The van der Waals surface area contributed by atoms with Crippen LogP contribution >= 0.6 is 0 Å². The minimum atomic E-state index is -1.01. The molecule has 3 aromatic rings. The Labute approximate surface area is 222 Å². The fourth-order valence-electron chi connectivity index (χ4n) is 6.98. The molecule has 8 heteroatoms. The summed E-state index contributed by atoms with van der Waals surface area (Å²) in [6, 6.07) is 18.6. The molecule has 3 heterocycles. The van der Waals surface area contributed by atoms with Crippen LogP contribution in [0.3, 0.4) is 0 Å². The van der Waals surface area contributed by atoms with Gasteiger partial charge in [-0.25, -0.2) is 4.79 Å². The van der Waals surface area contributed by atoms with E-state index in [-0.39, 0.29) is 11.9 Å². The molecule has 6 rings (SSSR count). The molecule has 5 atom stereocenters. The quantitative estimate of drug-likeness (QED) is 0.508. The van der Waals surface area contributed by atoms with E-state index >= 15 is 0 Å². The number of carbonyl (C=O) groups excluding carboxylic acids is 1. The number of aliphatic hydroxyl groups is 1. The van der Waals surface area contributed by atoms with Gasteiger partial charge in [0, 0.05) is 37.1 Å². The van der Waals surface area contributed by atoms with Crippen LogP contribution in [0, 0.1) is 11.8 Å². The largest absolute Gasteiger partial charge is 0.465 e. The number of carboxylic acid groups (broad SMARTS) is 1. The predicted molar refractivity (Wildman–Crippen MR) is 142 cm³/mol. The smallest absolute Gasteiger partial charge is 0.407 e. The number of hydrogen-bond acceptors (Lipinski definition) is 4. The highest BCUT2D eigenvalue weighted by Gasteiger charge is 2.43. The van der Waals surface area contributed by atoms with Gasteiger partial charge in [-0.05, 0) is 73.3 Å². The molecule has 3 aliphatic rings. The van der Waals surface area contributed by atoms with Crippen LogP contribution in [-0.2, 0) is 6.42 Å². The Morgan fingerprint density at radius 3 is 2.29 bits per heavy atom. The maximum atomic E-state index is 13.2. The zero-order valence-corrected chi connectivity index (χ0v) is 21.3. The molecule has 198 valence electrons. The molecule has 2 aliphatic heterocycles. The van der Waals surface area contributed by atoms with E-state index in [1.807, 2.05) is 78.0 Å². The van der Waals surface area contributed by atoms with Crippen LogP contribution in [0.25, 0.3) is 0 Å². The maximum absolute atomic E-state index is 13.2. The first-order valence-corrected chi connectivity index (χ1v) is 13.6. The van der Waals surface area contributed by atoms with Crippen molar-refractivity contribution in [3.63, 3.8) is 0 Å². The molecule has 8 nitrogen and oxygen atoms in total. The third kappa shape index (κ3) is 4.69. The number of amides is 2. The third-order valence-corrected chi connectivity index (χ3v) is 8.86. The van der Waals surface area contributed by atoms with Crippen LogP contribution in [-0.4, -0.2) is 67.0 Å². The van der Waals surface area contributed by atoms with E-state index < -0.39 is 18.2 Å². The topological polar surface area (TPSA) is 98.9 Å². The molecule has 2 aromatic carbocycles. The first-order valence-electron chi connectivity index (χ1n) is 13.6. The summed E-state index contributed by atoms with van der Waals surface area (Å²) < 4.78 is 2.06. The van der Waals surface area contributed by atoms with E-state index in [1.165, 1.54) is 4.90 Å². The number of hydrogen-bond donors (Lipinski definition) is 2. The molecule has 0 radical (unpaired) electrons. The molecular formula is C30H34N4O4. The highest BCUT2D eigenvalue weighted by molar-refractivity contribution is 5.94.